The summed E-state index contributed by atoms with van der Waals surface area (Å²) in [5, 5.41) is 7.45. The van der Waals surface area contributed by atoms with Gasteiger partial charge in [0.2, 0.25) is 0 Å². The summed E-state index contributed by atoms with van der Waals surface area (Å²) in [5.41, 5.74) is 10.4. The molecule has 0 amide bonds. The van der Waals surface area contributed by atoms with E-state index in [1.807, 2.05) is 25.4 Å². The molecule has 0 saturated carbocycles. The van der Waals surface area contributed by atoms with E-state index < -0.39 is 17.4 Å². The number of dihydropyridines is 1. The van der Waals surface area contributed by atoms with Crippen LogP contribution in [-0.2, 0) is 5.66 Å². The Labute approximate surface area is 223 Å². The van der Waals surface area contributed by atoms with E-state index in [1.54, 1.807) is 65.9 Å². The normalized spacial score (nSPS) is 18.8. The third-order valence-electron chi connectivity index (χ3n) is 6.25. The van der Waals surface area contributed by atoms with Crippen molar-refractivity contribution in [3.8, 4) is 17.1 Å². The Morgan fingerprint density at radius 2 is 1.82 bits per heavy atom. The molecular weight excluding hydrogens is 507 g/mol. The van der Waals surface area contributed by atoms with Crippen molar-refractivity contribution in [2.75, 3.05) is 17.4 Å². The molecule has 1 atom stereocenters. The molecule has 0 bridgehead atoms. The Bertz CT molecular complexity index is 1500. The Hall–Kier alpha value is -4.77. The van der Waals surface area contributed by atoms with Crippen molar-refractivity contribution in [1.29, 1.82) is 0 Å². The molecule has 8 nitrogen and oxygen atoms in total. The van der Waals surface area contributed by atoms with E-state index in [2.05, 4.69) is 26.0 Å². The second kappa shape index (κ2) is 10.2. The first kappa shape index (κ1) is 25.9. The Kier molecular flexibility index (Phi) is 6.75. The van der Waals surface area contributed by atoms with Crippen molar-refractivity contribution in [3.05, 3.63) is 114 Å². The van der Waals surface area contributed by atoms with Gasteiger partial charge in [0.05, 0.1) is 24.1 Å². The molecule has 0 aliphatic carbocycles. The second-order valence-corrected chi connectivity index (χ2v) is 8.96. The van der Waals surface area contributed by atoms with Gasteiger partial charge in [0.15, 0.2) is 5.82 Å². The molecule has 11 heteroatoms. The first-order chi connectivity index (χ1) is 18.7. The maximum absolute atomic E-state index is 14.1. The fourth-order valence-corrected chi connectivity index (χ4v) is 4.27. The van der Waals surface area contributed by atoms with Gasteiger partial charge in [-0.25, -0.2) is 9.97 Å². The van der Waals surface area contributed by atoms with Gasteiger partial charge in [0.1, 0.15) is 11.4 Å². The number of benzene rings is 2. The molecule has 5 N–H and O–H groups in total. The molecule has 0 fully saturated rings. The lowest BCUT2D eigenvalue weighted by Gasteiger charge is -2.35. The van der Waals surface area contributed by atoms with Crippen molar-refractivity contribution < 1.29 is 17.9 Å². The Morgan fingerprint density at radius 3 is 2.51 bits per heavy atom. The minimum Gasteiger partial charge on any atom is -0.496 e. The molecule has 1 unspecified atom stereocenters. The Morgan fingerprint density at radius 1 is 1.05 bits per heavy atom. The first-order valence-corrected chi connectivity index (χ1v) is 12.0. The van der Waals surface area contributed by atoms with Gasteiger partial charge >= 0.3 is 6.18 Å². The van der Waals surface area contributed by atoms with Crippen molar-refractivity contribution >= 4 is 11.4 Å². The van der Waals surface area contributed by atoms with Crippen LogP contribution in [-0.4, -0.2) is 23.3 Å². The van der Waals surface area contributed by atoms with Gasteiger partial charge in [-0.1, -0.05) is 12.1 Å². The van der Waals surface area contributed by atoms with E-state index in [9.17, 15) is 13.2 Å². The van der Waals surface area contributed by atoms with E-state index in [1.165, 1.54) is 13.2 Å². The minimum absolute atomic E-state index is 0.223. The van der Waals surface area contributed by atoms with E-state index in [0.717, 1.165) is 17.5 Å². The fourth-order valence-electron chi connectivity index (χ4n) is 4.27. The lowest BCUT2D eigenvalue weighted by molar-refractivity contribution is -0.0900. The average molecular weight is 534 g/mol. The van der Waals surface area contributed by atoms with E-state index in [-0.39, 0.29) is 5.70 Å². The number of hydrogen-bond donors (Lipinski definition) is 4. The van der Waals surface area contributed by atoms with Crippen LogP contribution in [0.1, 0.15) is 12.5 Å². The number of aromatic nitrogens is 2. The van der Waals surface area contributed by atoms with Crippen molar-refractivity contribution in [2.45, 2.75) is 18.8 Å². The van der Waals surface area contributed by atoms with Crippen LogP contribution >= 0.6 is 0 Å². The summed E-state index contributed by atoms with van der Waals surface area (Å²) in [7, 11) is 1.48. The zero-order chi connectivity index (χ0) is 27.6. The summed E-state index contributed by atoms with van der Waals surface area (Å²) in [6, 6.07) is 13.8. The number of halogens is 3. The zero-order valence-electron chi connectivity index (χ0n) is 21.1. The Balaban J connectivity index is 1.54. The molecule has 2 aromatic carbocycles. The number of allylic oxidation sites excluding steroid dienone is 3. The summed E-state index contributed by atoms with van der Waals surface area (Å²) in [5.74, 6) is 0.760. The largest absolute Gasteiger partial charge is 0.496 e. The third kappa shape index (κ3) is 5.30. The highest BCUT2D eigenvalue weighted by Gasteiger charge is 2.42. The van der Waals surface area contributed by atoms with Gasteiger partial charge in [0, 0.05) is 53.9 Å². The van der Waals surface area contributed by atoms with Crippen LogP contribution in [0.5, 0.6) is 5.75 Å². The maximum Gasteiger partial charge on any atom is 0.419 e. The quantitative estimate of drug-likeness (QED) is 0.349. The predicted octanol–water partition coefficient (Wildman–Crippen LogP) is 5.05. The van der Waals surface area contributed by atoms with Gasteiger partial charge in [-0.3, -0.25) is 5.01 Å². The molecule has 39 heavy (non-hydrogen) atoms. The number of hydrazine groups is 1. The van der Waals surface area contributed by atoms with Crippen LogP contribution in [0.3, 0.4) is 0 Å². The van der Waals surface area contributed by atoms with Crippen LogP contribution in [0.15, 0.2) is 109 Å². The fraction of sp³-hybridized carbons (Fsp3) is 0.143. The number of methoxy groups -OCH3 is 1. The molecule has 200 valence electrons. The smallest absolute Gasteiger partial charge is 0.419 e. The highest BCUT2D eigenvalue weighted by molar-refractivity contribution is 5.76. The highest BCUT2D eigenvalue weighted by Crippen LogP contribution is 2.40. The first-order valence-electron chi connectivity index (χ1n) is 12.0. The number of anilines is 2. The number of nitrogens with two attached hydrogens (primary N) is 1. The zero-order valence-corrected chi connectivity index (χ0v) is 21.1. The minimum atomic E-state index is -4.66. The van der Waals surface area contributed by atoms with Crippen LogP contribution in [0.2, 0.25) is 0 Å². The lowest BCUT2D eigenvalue weighted by atomic mass is 9.93. The molecular formula is C28H26F3N7O. The number of nitrogens with one attached hydrogen (secondary N) is 3. The number of nitrogens with zero attached hydrogens (tertiary/aromatic N) is 3. The van der Waals surface area contributed by atoms with Crippen LogP contribution < -0.4 is 31.5 Å². The monoisotopic (exact) mass is 533 g/mol. The summed E-state index contributed by atoms with van der Waals surface area (Å²) >= 11 is 0. The van der Waals surface area contributed by atoms with Gasteiger partial charge in [0.25, 0.3) is 0 Å². The molecule has 0 radical (unpaired) electrons. The number of ether oxygens (including phenoxy) is 1. The molecule has 5 rings (SSSR count). The van der Waals surface area contributed by atoms with Gasteiger partial charge in [-0.2, -0.15) is 13.2 Å². The predicted molar refractivity (Wildman–Crippen MR) is 144 cm³/mol. The van der Waals surface area contributed by atoms with Gasteiger partial charge in [-0.05, 0) is 55.0 Å². The van der Waals surface area contributed by atoms with Crippen LogP contribution in [0, 0.1) is 0 Å². The number of para-hydroxylation sites is 1. The molecule has 1 aromatic heterocycles. The van der Waals surface area contributed by atoms with Crippen molar-refractivity contribution in [2.24, 2.45) is 5.73 Å². The summed E-state index contributed by atoms with van der Waals surface area (Å²) in [4.78, 5) is 8.48. The van der Waals surface area contributed by atoms with E-state index in [0.29, 0.717) is 28.4 Å². The van der Waals surface area contributed by atoms with Crippen molar-refractivity contribution in [3.63, 3.8) is 0 Å². The topological polar surface area (TPSA) is 100 Å². The summed E-state index contributed by atoms with van der Waals surface area (Å²) < 4.78 is 47.9. The van der Waals surface area contributed by atoms with Crippen LogP contribution in [0.4, 0.5) is 24.5 Å². The maximum atomic E-state index is 14.1. The van der Waals surface area contributed by atoms with Crippen LogP contribution in [0.25, 0.3) is 11.4 Å². The molecule has 3 heterocycles. The van der Waals surface area contributed by atoms with E-state index in [4.69, 9.17) is 10.5 Å². The highest BCUT2D eigenvalue weighted by atomic mass is 19.4. The van der Waals surface area contributed by atoms with E-state index >= 15 is 0 Å². The average Bonchev–Trinajstić information content (AvgIpc) is 2.93. The number of alkyl halides is 3. The molecule has 0 saturated heterocycles. The van der Waals surface area contributed by atoms with Gasteiger partial charge in [-0.15, -0.1) is 0 Å². The second-order valence-electron chi connectivity index (χ2n) is 8.96. The third-order valence-corrected chi connectivity index (χ3v) is 6.25. The molecule has 0 spiro atoms. The number of hydrogen-bond acceptors (Lipinski definition) is 8. The number of rotatable bonds is 6. The molecule has 2 aliphatic rings. The molecule has 2 aliphatic heterocycles. The SMILES string of the molecule is COc1cc(N2C=CC(C)=CN2)ccc1C1(N)C=C(Nc2ccccc2-c2ncccn2)C(C(F)(F)F)=CN1. The summed E-state index contributed by atoms with van der Waals surface area (Å²) in [6.45, 7) is 1.96. The lowest BCUT2D eigenvalue weighted by Crippen LogP contribution is -2.50. The standard InChI is InChI=1S/C28H26F3N7O/c1-18-10-13-38(36-16-18)19-8-9-21(25(14-19)39-2)27(32)15-24(22(17-35-27)28(29,30)31)37-23-7-4-3-6-20(23)26-33-11-5-12-34-26/h3-17,35-37H,32H2,1-2H3. The molecule has 3 aromatic rings. The van der Waals surface area contributed by atoms with Crippen molar-refractivity contribution in [1.82, 2.24) is 20.7 Å². The van der Waals surface area contributed by atoms with Gasteiger partial charge < -0.3 is 26.5 Å². The summed E-state index contributed by atoms with van der Waals surface area (Å²) in [6.07, 6.45) is 6.30.